The van der Waals surface area contributed by atoms with Gasteiger partial charge in [0.1, 0.15) is 0 Å². The molecule has 1 rings (SSSR count). The largest absolute Gasteiger partial charge is 0.380 e. The molecule has 1 aromatic carbocycles. The third-order valence-electron chi connectivity index (χ3n) is 2.62. The number of ether oxygens (including phenoxy) is 1. The topological polar surface area (TPSA) is 47.3 Å². The molecule has 0 amide bonds. The molecule has 0 fully saturated rings. The lowest BCUT2D eigenvalue weighted by atomic mass is 10.1. The van der Waals surface area contributed by atoms with E-state index in [0.717, 1.165) is 25.9 Å². The molecule has 3 nitrogen and oxygen atoms in total. The van der Waals surface area contributed by atoms with Crippen LogP contribution >= 0.6 is 0 Å². The van der Waals surface area contributed by atoms with Crippen LogP contribution in [0.1, 0.15) is 25.3 Å². The average Bonchev–Trinajstić information content (AvgIpc) is 2.35. The lowest BCUT2D eigenvalue weighted by Gasteiger charge is -2.15. The number of hydrogen-bond donors (Lipinski definition) is 2. The monoisotopic (exact) mass is 222 g/mol. The first-order valence-corrected chi connectivity index (χ1v) is 5.94. The maximum absolute atomic E-state index is 5.46. The molecule has 0 radical (unpaired) electrons. The molecule has 0 heterocycles. The number of rotatable bonds is 8. The van der Waals surface area contributed by atoms with E-state index in [1.165, 1.54) is 5.56 Å². The van der Waals surface area contributed by atoms with E-state index in [2.05, 4.69) is 29.7 Å². The molecule has 1 unspecified atom stereocenters. The van der Waals surface area contributed by atoms with E-state index in [4.69, 9.17) is 10.6 Å². The van der Waals surface area contributed by atoms with Gasteiger partial charge in [-0.3, -0.25) is 11.3 Å². The third-order valence-corrected chi connectivity index (χ3v) is 2.62. The highest BCUT2D eigenvalue weighted by molar-refractivity contribution is 5.14. The molecule has 0 saturated carbocycles. The summed E-state index contributed by atoms with van der Waals surface area (Å²) in [5.41, 5.74) is 4.18. The van der Waals surface area contributed by atoms with Crippen molar-refractivity contribution in [1.29, 1.82) is 0 Å². The van der Waals surface area contributed by atoms with Crippen LogP contribution in [0.2, 0.25) is 0 Å². The van der Waals surface area contributed by atoms with Crippen molar-refractivity contribution >= 4 is 0 Å². The summed E-state index contributed by atoms with van der Waals surface area (Å²) >= 11 is 0. The summed E-state index contributed by atoms with van der Waals surface area (Å²) in [5.74, 6) is 5.46. The van der Waals surface area contributed by atoms with Gasteiger partial charge in [-0.1, -0.05) is 30.3 Å². The first-order chi connectivity index (χ1) is 7.86. The van der Waals surface area contributed by atoms with E-state index < -0.39 is 0 Å². The molecule has 0 aliphatic rings. The first-order valence-electron chi connectivity index (χ1n) is 5.94. The van der Waals surface area contributed by atoms with Crippen molar-refractivity contribution < 1.29 is 4.74 Å². The van der Waals surface area contributed by atoms with Crippen LogP contribution in [-0.4, -0.2) is 19.3 Å². The molecule has 3 heteroatoms. The van der Waals surface area contributed by atoms with Gasteiger partial charge in [0.15, 0.2) is 0 Å². The van der Waals surface area contributed by atoms with Gasteiger partial charge in [0.2, 0.25) is 0 Å². The summed E-state index contributed by atoms with van der Waals surface area (Å²) in [6.07, 6.45) is 3.28. The average molecular weight is 222 g/mol. The molecule has 0 aromatic heterocycles. The Morgan fingerprint density at radius 2 is 2.06 bits per heavy atom. The Kier molecular flexibility index (Phi) is 6.81. The SMILES string of the molecule is CCOCC(CCCc1ccccc1)NN. The smallest absolute Gasteiger partial charge is 0.0632 e. The summed E-state index contributed by atoms with van der Waals surface area (Å²) in [5, 5.41) is 0. The maximum Gasteiger partial charge on any atom is 0.0632 e. The maximum atomic E-state index is 5.46. The van der Waals surface area contributed by atoms with E-state index in [9.17, 15) is 0 Å². The van der Waals surface area contributed by atoms with Gasteiger partial charge in [0, 0.05) is 12.6 Å². The third kappa shape index (κ3) is 5.26. The van der Waals surface area contributed by atoms with Crippen molar-refractivity contribution in [3.05, 3.63) is 35.9 Å². The molecule has 0 bridgehead atoms. The fourth-order valence-corrected chi connectivity index (χ4v) is 1.67. The number of hydrogen-bond acceptors (Lipinski definition) is 3. The van der Waals surface area contributed by atoms with E-state index in [-0.39, 0.29) is 6.04 Å². The highest BCUT2D eigenvalue weighted by atomic mass is 16.5. The van der Waals surface area contributed by atoms with E-state index in [0.29, 0.717) is 6.61 Å². The molecule has 90 valence electrons. The van der Waals surface area contributed by atoms with Gasteiger partial charge in [0.05, 0.1) is 6.61 Å². The molecule has 1 aromatic rings. The number of nitrogens with two attached hydrogens (primary N) is 1. The van der Waals surface area contributed by atoms with Gasteiger partial charge in [0.25, 0.3) is 0 Å². The standard InChI is InChI=1S/C13H22N2O/c1-2-16-11-13(15-14)10-6-9-12-7-4-3-5-8-12/h3-5,7-8,13,15H,2,6,9-11,14H2,1H3. The Bertz CT molecular complexity index is 264. The van der Waals surface area contributed by atoms with Crippen molar-refractivity contribution in [2.75, 3.05) is 13.2 Å². The fourth-order valence-electron chi connectivity index (χ4n) is 1.67. The Hall–Kier alpha value is -0.900. The zero-order valence-corrected chi connectivity index (χ0v) is 9.99. The van der Waals surface area contributed by atoms with E-state index >= 15 is 0 Å². The van der Waals surface area contributed by atoms with E-state index in [1.807, 2.05) is 13.0 Å². The highest BCUT2D eigenvalue weighted by Crippen LogP contribution is 2.06. The molecule has 0 aliphatic carbocycles. The Labute approximate surface area is 98.0 Å². The van der Waals surface area contributed by atoms with Crippen molar-refractivity contribution in [3.8, 4) is 0 Å². The number of hydrazine groups is 1. The summed E-state index contributed by atoms with van der Waals surface area (Å²) < 4.78 is 5.35. The molecule has 3 N–H and O–H groups in total. The van der Waals surface area contributed by atoms with Gasteiger partial charge in [-0.05, 0) is 31.7 Å². The van der Waals surface area contributed by atoms with Crippen LogP contribution in [-0.2, 0) is 11.2 Å². The molecule has 1 atom stereocenters. The predicted octanol–water partition coefficient (Wildman–Crippen LogP) is 1.88. The molecular formula is C13H22N2O. The minimum atomic E-state index is 0.267. The van der Waals surface area contributed by atoms with E-state index in [1.54, 1.807) is 0 Å². The summed E-state index contributed by atoms with van der Waals surface area (Å²) in [6, 6.07) is 10.8. The van der Waals surface area contributed by atoms with Crippen molar-refractivity contribution in [2.45, 2.75) is 32.2 Å². The Balaban J connectivity index is 2.18. The predicted molar refractivity (Wildman–Crippen MR) is 67.0 cm³/mol. The lowest BCUT2D eigenvalue weighted by Crippen LogP contribution is -2.38. The van der Waals surface area contributed by atoms with Crippen LogP contribution in [0.5, 0.6) is 0 Å². The zero-order valence-electron chi connectivity index (χ0n) is 9.99. The van der Waals surface area contributed by atoms with Crippen LogP contribution in [0.25, 0.3) is 0 Å². The van der Waals surface area contributed by atoms with Crippen LogP contribution < -0.4 is 11.3 Å². The second kappa shape index (κ2) is 8.28. The van der Waals surface area contributed by atoms with Crippen LogP contribution in [0.15, 0.2) is 30.3 Å². The van der Waals surface area contributed by atoms with Gasteiger partial charge in [-0.15, -0.1) is 0 Å². The summed E-state index contributed by atoms with van der Waals surface area (Å²) in [4.78, 5) is 0. The quantitative estimate of drug-likeness (QED) is 0.521. The van der Waals surface area contributed by atoms with Gasteiger partial charge < -0.3 is 4.74 Å². The van der Waals surface area contributed by atoms with Crippen LogP contribution in [0.3, 0.4) is 0 Å². The zero-order chi connectivity index (χ0) is 11.6. The number of nitrogens with one attached hydrogen (secondary N) is 1. The van der Waals surface area contributed by atoms with Crippen LogP contribution in [0, 0.1) is 0 Å². The Morgan fingerprint density at radius 3 is 2.69 bits per heavy atom. The van der Waals surface area contributed by atoms with Gasteiger partial charge in [-0.25, -0.2) is 0 Å². The number of aryl methyl sites for hydroxylation is 1. The molecular weight excluding hydrogens is 200 g/mol. The second-order valence-electron chi connectivity index (χ2n) is 3.90. The normalized spacial score (nSPS) is 12.6. The number of benzene rings is 1. The minimum Gasteiger partial charge on any atom is -0.380 e. The molecule has 16 heavy (non-hydrogen) atoms. The fraction of sp³-hybridized carbons (Fsp3) is 0.538. The van der Waals surface area contributed by atoms with Gasteiger partial charge in [-0.2, -0.15) is 0 Å². The van der Waals surface area contributed by atoms with Gasteiger partial charge >= 0.3 is 0 Å². The molecule has 0 aliphatic heterocycles. The van der Waals surface area contributed by atoms with Crippen molar-refractivity contribution in [2.24, 2.45) is 5.84 Å². The lowest BCUT2D eigenvalue weighted by molar-refractivity contribution is 0.119. The second-order valence-corrected chi connectivity index (χ2v) is 3.90. The van der Waals surface area contributed by atoms with Crippen LogP contribution in [0.4, 0.5) is 0 Å². The summed E-state index contributed by atoms with van der Waals surface area (Å²) in [7, 11) is 0. The minimum absolute atomic E-state index is 0.267. The Morgan fingerprint density at radius 1 is 1.31 bits per heavy atom. The summed E-state index contributed by atoms with van der Waals surface area (Å²) in [6.45, 7) is 3.44. The first kappa shape index (κ1) is 13.2. The van der Waals surface area contributed by atoms with Crippen molar-refractivity contribution in [3.63, 3.8) is 0 Å². The molecule has 0 saturated heterocycles. The highest BCUT2D eigenvalue weighted by Gasteiger charge is 2.05. The van der Waals surface area contributed by atoms with Crippen molar-refractivity contribution in [1.82, 2.24) is 5.43 Å². The molecule has 0 spiro atoms.